The summed E-state index contributed by atoms with van der Waals surface area (Å²) >= 11 is 0. The number of unbranched alkanes of at least 4 members (excludes halogenated alkanes) is 1. The van der Waals surface area contributed by atoms with E-state index >= 15 is 0 Å². The summed E-state index contributed by atoms with van der Waals surface area (Å²) in [6.45, 7) is 3.62. The Morgan fingerprint density at radius 1 is 1.43 bits per heavy atom. The van der Waals surface area contributed by atoms with Crippen LogP contribution < -0.4 is 9.47 Å². The molecule has 6 heteroatoms. The number of hydrogen-bond donors (Lipinski definition) is 0. The molecule has 2 heterocycles. The van der Waals surface area contributed by atoms with Gasteiger partial charge in [0.2, 0.25) is 11.8 Å². The second-order valence-electron chi connectivity index (χ2n) is 5.18. The predicted molar refractivity (Wildman–Crippen MR) is 78.3 cm³/mol. The number of likely N-dealkylation sites (tertiary alicyclic amines) is 1. The third-order valence-corrected chi connectivity index (χ3v) is 3.62. The van der Waals surface area contributed by atoms with Crippen LogP contribution in [0.3, 0.4) is 0 Å². The Bertz CT molecular complexity index is 459. The third-order valence-electron chi connectivity index (χ3n) is 3.62. The molecule has 0 saturated carbocycles. The van der Waals surface area contributed by atoms with Crippen molar-refractivity contribution in [2.75, 3.05) is 20.2 Å². The molecule has 0 radical (unpaired) electrons. The molecule has 0 aliphatic carbocycles. The summed E-state index contributed by atoms with van der Waals surface area (Å²) in [6.07, 6.45) is 6.07. The zero-order valence-corrected chi connectivity index (χ0v) is 12.7. The van der Waals surface area contributed by atoms with Gasteiger partial charge in [-0.25, -0.2) is 4.98 Å². The summed E-state index contributed by atoms with van der Waals surface area (Å²) < 4.78 is 10.8. The number of methoxy groups -OCH3 is 1. The summed E-state index contributed by atoms with van der Waals surface area (Å²) in [5, 5.41) is 0. The Hall–Kier alpha value is -1.85. The lowest BCUT2D eigenvalue weighted by atomic mass is 10.1. The third kappa shape index (κ3) is 4.58. The smallest absolute Gasteiger partial charge is 0.319 e. The number of carbonyl (C=O) groups is 1. The van der Waals surface area contributed by atoms with E-state index in [1.807, 2.05) is 4.90 Å². The predicted octanol–water partition coefficient (Wildman–Crippen LogP) is 2.05. The number of piperidine rings is 1. The molecule has 1 saturated heterocycles. The second kappa shape index (κ2) is 7.81. The molecule has 116 valence electrons. The molecule has 1 aromatic rings. The first-order valence-electron chi connectivity index (χ1n) is 7.54. The highest BCUT2D eigenvalue weighted by molar-refractivity contribution is 5.76. The van der Waals surface area contributed by atoms with Crippen molar-refractivity contribution in [1.82, 2.24) is 14.9 Å². The van der Waals surface area contributed by atoms with Crippen LogP contribution in [0.25, 0.3) is 0 Å². The van der Waals surface area contributed by atoms with Crippen molar-refractivity contribution < 1.29 is 14.3 Å². The normalized spacial score (nSPS) is 15.8. The largest absolute Gasteiger partial charge is 0.474 e. The van der Waals surface area contributed by atoms with Crippen molar-refractivity contribution in [1.29, 1.82) is 0 Å². The maximum absolute atomic E-state index is 12.0. The maximum atomic E-state index is 12.0. The van der Waals surface area contributed by atoms with Gasteiger partial charge in [0.25, 0.3) is 0 Å². The van der Waals surface area contributed by atoms with E-state index in [0.717, 1.165) is 38.8 Å². The van der Waals surface area contributed by atoms with Gasteiger partial charge in [-0.3, -0.25) is 4.79 Å². The molecule has 0 spiro atoms. The number of aromatic nitrogens is 2. The quantitative estimate of drug-likeness (QED) is 0.803. The van der Waals surface area contributed by atoms with Crippen LogP contribution in [-0.2, 0) is 4.79 Å². The Balaban J connectivity index is 1.79. The van der Waals surface area contributed by atoms with E-state index in [9.17, 15) is 4.79 Å². The molecule has 0 atom stereocenters. The van der Waals surface area contributed by atoms with Gasteiger partial charge < -0.3 is 14.4 Å². The average molecular weight is 293 g/mol. The van der Waals surface area contributed by atoms with E-state index in [4.69, 9.17) is 9.47 Å². The fraction of sp³-hybridized carbons (Fsp3) is 0.667. The van der Waals surface area contributed by atoms with Gasteiger partial charge in [0.15, 0.2) is 0 Å². The Morgan fingerprint density at radius 2 is 2.19 bits per heavy atom. The van der Waals surface area contributed by atoms with Crippen LogP contribution in [0.5, 0.6) is 11.9 Å². The summed E-state index contributed by atoms with van der Waals surface area (Å²) in [5.41, 5.74) is 0. The van der Waals surface area contributed by atoms with Gasteiger partial charge in [0.05, 0.1) is 7.11 Å². The van der Waals surface area contributed by atoms with Gasteiger partial charge in [-0.15, -0.1) is 0 Å². The van der Waals surface area contributed by atoms with Crippen molar-refractivity contribution in [3.8, 4) is 11.9 Å². The van der Waals surface area contributed by atoms with E-state index in [2.05, 4.69) is 16.9 Å². The number of hydrogen-bond acceptors (Lipinski definition) is 5. The van der Waals surface area contributed by atoms with Crippen LogP contribution >= 0.6 is 0 Å². The number of ether oxygens (including phenoxy) is 2. The molecule has 2 rings (SSSR count). The molecular formula is C15H23N3O3. The van der Waals surface area contributed by atoms with Crippen molar-refractivity contribution in [2.24, 2.45) is 0 Å². The molecule has 6 nitrogen and oxygen atoms in total. The minimum absolute atomic E-state index is 0.0971. The van der Waals surface area contributed by atoms with Gasteiger partial charge in [0, 0.05) is 44.6 Å². The number of rotatable bonds is 6. The zero-order chi connectivity index (χ0) is 15.1. The minimum Gasteiger partial charge on any atom is -0.474 e. The Labute approximate surface area is 125 Å². The first-order valence-corrected chi connectivity index (χ1v) is 7.54. The Kier molecular flexibility index (Phi) is 5.78. The molecule has 0 aromatic carbocycles. The monoisotopic (exact) mass is 293 g/mol. The van der Waals surface area contributed by atoms with Crippen LogP contribution in [0.2, 0.25) is 0 Å². The highest BCUT2D eigenvalue weighted by atomic mass is 16.5. The summed E-state index contributed by atoms with van der Waals surface area (Å²) in [7, 11) is 1.53. The molecular weight excluding hydrogens is 270 g/mol. The lowest BCUT2D eigenvalue weighted by molar-refractivity contribution is -0.133. The molecule has 21 heavy (non-hydrogen) atoms. The van der Waals surface area contributed by atoms with E-state index in [-0.39, 0.29) is 12.0 Å². The summed E-state index contributed by atoms with van der Waals surface area (Å²) in [4.78, 5) is 22.0. The average Bonchev–Trinajstić information content (AvgIpc) is 2.53. The van der Waals surface area contributed by atoms with E-state index in [0.29, 0.717) is 18.3 Å². The number of nitrogens with zero attached hydrogens (tertiary/aromatic N) is 3. The van der Waals surface area contributed by atoms with Crippen LogP contribution in [0, 0.1) is 0 Å². The molecule has 0 unspecified atom stereocenters. The molecule has 1 aliphatic rings. The van der Waals surface area contributed by atoms with Crippen LogP contribution in [0.15, 0.2) is 12.3 Å². The van der Waals surface area contributed by atoms with Gasteiger partial charge in [-0.2, -0.15) is 4.98 Å². The van der Waals surface area contributed by atoms with Crippen molar-refractivity contribution in [3.05, 3.63) is 12.3 Å². The van der Waals surface area contributed by atoms with Gasteiger partial charge in [-0.1, -0.05) is 13.3 Å². The first-order chi connectivity index (χ1) is 10.2. The van der Waals surface area contributed by atoms with E-state index in [1.54, 1.807) is 12.3 Å². The molecule has 1 amide bonds. The topological polar surface area (TPSA) is 64.6 Å². The maximum Gasteiger partial charge on any atom is 0.319 e. The first kappa shape index (κ1) is 15.5. The van der Waals surface area contributed by atoms with Crippen LogP contribution in [-0.4, -0.2) is 47.1 Å². The molecule has 0 bridgehead atoms. The van der Waals surface area contributed by atoms with E-state index < -0.39 is 0 Å². The van der Waals surface area contributed by atoms with Gasteiger partial charge in [0.1, 0.15) is 6.10 Å². The fourth-order valence-corrected chi connectivity index (χ4v) is 2.37. The summed E-state index contributed by atoms with van der Waals surface area (Å²) in [5.74, 6) is 0.789. The van der Waals surface area contributed by atoms with Crippen molar-refractivity contribution >= 4 is 5.91 Å². The van der Waals surface area contributed by atoms with Gasteiger partial charge >= 0.3 is 6.01 Å². The van der Waals surface area contributed by atoms with E-state index in [1.165, 1.54) is 7.11 Å². The fourth-order valence-electron chi connectivity index (χ4n) is 2.37. The second-order valence-corrected chi connectivity index (χ2v) is 5.18. The standard InChI is InChI=1S/C15H23N3O3/c1-3-4-5-14(19)18-10-7-12(8-11-18)21-13-6-9-16-15(17-13)20-2/h6,9,12H,3-5,7-8,10-11H2,1-2H3. The van der Waals surface area contributed by atoms with Crippen molar-refractivity contribution in [3.63, 3.8) is 0 Å². The minimum atomic E-state index is 0.0971. The zero-order valence-electron chi connectivity index (χ0n) is 12.7. The van der Waals surface area contributed by atoms with Crippen molar-refractivity contribution in [2.45, 2.75) is 45.1 Å². The highest BCUT2D eigenvalue weighted by Gasteiger charge is 2.23. The van der Waals surface area contributed by atoms with Crippen LogP contribution in [0.1, 0.15) is 39.0 Å². The molecule has 1 aromatic heterocycles. The molecule has 1 fully saturated rings. The number of amides is 1. The summed E-state index contributed by atoms with van der Waals surface area (Å²) in [6, 6.07) is 2.03. The van der Waals surface area contributed by atoms with Gasteiger partial charge in [-0.05, 0) is 6.42 Å². The lowest BCUT2D eigenvalue weighted by Crippen LogP contribution is -2.41. The SMILES string of the molecule is CCCCC(=O)N1CCC(Oc2ccnc(OC)n2)CC1. The lowest BCUT2D eigenvalue weighted by Gasteiger charge is -2.32. The molecule has 1 aliphatic heterocycles. The molecule has 0 N–H and O–H groups in total. The Morgan fingerprint density at radius 3 is 2.86 bits per heavy atom. The highest BCUT2D eigenvalue weighted by Crippen LogP contribution is 2.19. The van der Waals surface area contributed by atoms with Crippen LogP contribution in [0.4, 0.5) is 0 Å². The number of carbonyl (C=O) groups excluding carboxylic acids is 1.